The number of hydrogen-bond acceptors (Lipinski definition) is 2. The number of benzene rings is 7. The molecule has 7 aromatic carbocycles. The zero-order valence-corrected chi connectivity index (χ0v) is 27.8. The maximum atomic E-state index is 6.39. The minimum Gasteiger partial charge on any atom is -0.455 e. The van der Waals surface area contributed by atoms with Crippen LogP contribution in [0.1, 0.15) is 19.4 Å². The van der Waals surface area contributed by atoms with Gasteiger partial charge in [0.2, 0.25) is 0 Å². The van der Waals surface area contributed by atoms with Crippen molar-refractivity contribution in [2.45, 2.75) is 13.8 Å². The molecule has 2 nitrogen and oxygen atoms in total. The van der Waals surface area contributed by atoms with Gasteiger partial charge >= 0.3 is 0 Å². The Morgan fingerprint density at radius 3 is 2.00 bits per heavy atom. The third kappa shape index (κ3) is 5.14. The fraction of sp³-hybridized carbons (Fsp3) is 0.0455. The third-order valence-electron chi connectivity index (χ3n) is 9.05. The van der Waals surface area contributed by atoms with Gasteiger partial charge in [-0.2, -0.15) is 0 Å². The van der Waals surface area contributed by atoms with Gasteiger partial charge in [-0.05, 0) is 89.0 Å². The van der Waals surface area contributed by atoms with E-state index in [1.807, 2.05) is 12.1 Å². The average molecular weight is 671 g/mol. The van der Waals surface area contributed by atoms with E-state index in [0.717, 1.165) is 54.6 Å². The molecule has 47 heavy (non-hydrogen) atoms. The highest BCUT2D eigenvalue weighted by Crippen LogP contribution is 2.41. The molecule has 0 bridgehead atoms. The summed E-state index contributed by atoms with van der Waals surface area (Å²) in [6, 6.07) is 51.9. The summed E-state index contributed by atoms with van der Waals surface area (Å²) in [6.07, 6.45) is 4.43. The summed E-state index contributed by atoms with van der Waals surface area (Å²) in [4.78, 5) is 2.38. The number of fused-ring (bicyclic) bond motifs is 6. The number of halogens is 1. The molecule has 1 aromatic heterocycles. The van der Waals surface area contributed by atoms with Gasteiger partial charge in [0.1, 0.15) is 11.2 Å². The Balaban J connectivity index is 1.30. The van der Waals surface area contributed by atoms with Gasteiger partial charge < -0.3 is 9.32 Å². The van der Waals surface area contributed by atoms with Crippen LogP contribution in [-0.2, 0) is 0 Å². The molecule has 0 saturated heterocycles. The highest BCUT2D eigenvalue weighted by Gasteiger charge is 2.20. The minimum absolute atomic E-state index is 0.908. The highest BCUT2D eigenvalue weighted by atomic mass is 79.9. The Morgan fingerprint density at radius 2 is 1.23 bits per heavy atom. The van der Waals surface area contributed by atoms with E-state index in [1.54, 1.807) is 0 Å². The largest absolute Gasteiger partial charge is 0.455 e. The first-order valence-electron chi connectivity index (χ1n) is 15.9. The quantitative estimate of drug-likeness (QED) is 0.129. The lowest BCUT2D eigenvalue weighted by Crippen LogP contribution is -2.17. The Morgan fingerprint density at radius 1 is 0.574 bits per heavy atom. The Hall–Kier alpha value is -5.38. The fourth-order valence-corrected chi connectivity index (χ4v) is 7.19. The maximum Gasteiger partial charge on any atom is 0.143 e. The Labute approximate surface area is 283 Å². The summed E-state index contributed by atoms with van der Waals surface area (Å²) < 4.78 is 7.46. The van der Waals surface area contributed by atoms with Crippen LogP contribution in [0, 0.1) is 0 Å². The lowest BCUT2D eigenvalue weighted by molar-refractivity contribution is 0.670. The van der Waals surface area contributed by atoms with E-state index < -0.39 is 0 Å². The second kappa shape index (κ2) is 12.1. The first kappa shape index (κ1) is 29.1. The number of anilines is 2. The number of rotatable bonds is 6. The number of allylic oxidation sites excluding steroid dienone is 3. The molecular weight excluding hydrogens is 638 g/mol. The van der Waals surface area contributed by atoms with Gasteiger partial charge in [-0.25, -0.2) is 0 Å². The number of para-hydroxylation sites is 2. The number of hydrogen-bond donors (Lipinski definition) is 0. The Kier molecular flexibility index (Phi) is 7.47. The van der Waals surface area contributed by atoms with Crippen molar-refractivity contribution in [3.05, 3.63) is 173 Å². The van der Waals surface area contributed by atoms with E-state index >= 15 is 0 Å². The first-order valence-corrected chi connectivity index (χ1v) is 16.7. The van der Waals surface area contributed by atoms with Gasteiger partial charge in [0, 0.05) is 43.5 Å². The molecule has 0 fully saturated rings. The van der Waals surface area contributed by atoms with Crippen LogP contribution in [-0.4, -0.2) is 0 Å². The first-order chi connectivity index (χ1) is 23.1. The molecule has 0 saturated carbocycles. The molecular formula is C44H32BrNO. The lowest BCUT2D eigenvalue weighted by Gasteiger charge is -2.30. The molecule has 0 N–H and O–H groups in total. The highest BCUT2D eigenvalue weighted by molar-refractivity contribution is 9.10. The summed E-state index contributed by atoms with van der Waals surface area (Å²) >= 11 is 3.71. The zero-order valence-electron chi connectivity index (χ0n) is 26.2. The molecule has 0 aliphatic heterocycles. The molecule has 0 aliphatic carbocycles. The summed E-state index contributed by atoms with van der Waals surface area (Å²) in [6.45, 7) is 4.24. The van der Waals surface area contributed by atoms with E-state index in [-0.39, 0.29) is 0 Å². The van der Waals surface area contributed by atoms with Gasteiger partial charge in [-0.15, -0.1) is 0 Å². The van der Waals surface area contributed by atoms with E-state index in [0.29, 0.717) is 0 Å². The van der Waals surface area contributed by atoms with Crippen molar-refractivity contribution in [1.29, 1.82) is 0 Å². The van der Waals surface area contributed by atoms with Crippen LogP contribution in [0.4, 0.5) is 11.4 Å². The average Bonchev–Trinajstić information content (AvgIpc) is 3.51. The molecule has 8 rings (SSSR count). The monoisotopic (exact) mass is 669 g/mol. The van der Waals surface area contributed by atoms with Gasteiger partial charge in [0.15, 0.2) is 0 Å². The number of furan rings is 1. The van der Waals surface area contributed by atoms with Crippen LogP contribution < -0.4 is 4.90 Å². The van der Waals surface area contributed by atoms with E-state index in [4.69, 9.17) is 4.42 Å². The lowest BCUT2D eigenvalue weighted by atomic mass is 9.97. The van der Waals surface area contributed by atoms with Crippen LogP contribution in [0.5, 0.6) is 0 Å². The second-order valence-corrected chi connectivity index (χ2v) is 12.7. The molecule has 3 heteroatoms. The molecule has 0 unspecified atom stereocenters. The Bertz CT molecular complexity index is 2490. The van der Waals surface area contributed by atoms with Crippen LogP contribution >= 0.6 is 15.9 Å². The molecule has 0 radical (unpaired) electrons. The summed E-state index contributed by atoms with van der Waals surface area (Å²) in [7, 11) is 0. The standard InChI is InChI=1S/C44H32BrNO/c1-3-36(29-11-6-5-7-12-29)42(4-2)46(35-26-22-32-18-17-31-19-23-33(45)27-40(31)41(32)28-35)34-24-20-30(21-25-34)37-14-10-15-39-38-13-8-9-16-43(38)47-44(37)39/h3-28H,1-2H3/b36-3-,42-4+. The van der Waals surface area contributed by atoms with E-state index in [9.17, 15) is 0 Å². The van der Waals surface area contributed by atoms with Crippen molar-refractivity contribution in [1.82, 2.24) is 0 Å². The summed E-state index contributed by atoms with van der Waals surface area (Å²) in [5, 5.41) is 7.15. The normalized spacial score (nSPS) is 12.4. The van der Waals surface area contributed by atoms with Gasteiger partial charge in [-0.3, -0.25) is 0 Å². The molecule has 0 amide bonds. The van der Waals surface area contributed by atoms with Crippen molar-refractivity contribution in [3.8, 4) is 11.1 Å². The minimum atomic E-state index is 0.908. The van der Waals surface area contributed by atoms with E-state index in [1.165, 1.54) is 32.7 Å². The maximum absolute atomic E-state index is 6.39. The fourth-order valence-electron chi connectivity index (χ4n) is 6.83. The van der Waals surface area contributed by atoms with Crippen molar-refractivity contribution in [2.75, 3.05) is 4.90 Å². The van der Waals surface area contributed by atoms with Crippen LogP contribution in [0.3, 0.4) is 0 Å². The summed E-state index contributed by atoms with van der Waals surface area (Å²) in [5.74, 6) is 0. The van der Waals surface area contributed by atoms with Gasteiger partial charge in [-0.1, -0.05) is 131 Å². The van der Waals surface area contributed by atoms with Crippen molar-refractivity contribution < 1.29 is 4.42 Å². The molecule has 1 heterocycles. The topological polar surface area (TPSA) is 16.4 Å². The van der Waals surface area contributed by atoms with Crippen LogP contribution in [0.15, 0.2) is 172 Å². The zero-order chi connectivity index (χ0) is 31.9. The van der Waals surface area contributed by atoms with Crippen molar-refractivity contribution in [2.24, 2.45) is 0 Å². The molecule has 226 valence electrons. The number of nitrogens with zero attached hydrogens (tertiary/aromatic N) is 1. The second-order valence-electron chi connectivity index (χ2n) is 11.7. The molecule has 0 aliphatic rings. The predicted octanol–water partition coefficient (Wildman–Crippen LogP) is 13.5. The predicted molar refractivity (Wildman–Crippen MR) is 204 cm³/mol. The molecule has 0 atom stereocenters. The molecule has 8 aromatic rings. The van der Waals surface area contributed by atoms with Crippen LogP contribution in [0.25, 0.3) is 60.2 Å². The third-order valence-corrected chi connectivity index (χ3v) is 9.54. The summed E-state index contributed by atoms with van der Waals surface area (Å²) in [5.41, 5.74) is 9.67. The SMILES string of the molecule is C/C=C(\C(=C/C)N(c1ccc(-c2cccc3c2oc2ccccc23)cc1)c1ccc2ccc3ccc(Br)cc3c2c1)c1ccccc1. The van der Waals surface area contributed by atoms with Crippen molar-refractivity contribution >= 4 is 76.4 Å². The molecule has 0 spiro atoms. The van der Waals surface area contributed by atoms with E-state index in [2.05, 4.69) is 180 Å². The smallest absolute Gasteiger partial charge is 0.143 e. The van der Waals surface area contributed by atoms with Crippen LogP contribution in [0.2, 0.25) is 0 Å². The van der Waals surface area contributed by atoms with Crippen molar-refractivity contribution in [3.63, 3.8) is 0 Å². The van der Waals surface area contributed by atoms with Gasteiger partial charge in [0.05, 0.1) is 0 Å². The van der Waals surface area contributed by atoms with Gasteiger partial charge in [0.25, 0.3) is 0 Å².